The summed E-state index contributed by atoms with van der Waals surface area (Å²) in [7, 11) is 1.04. The summed E-state index contributed by atoms with van der Waals surface area (Å²) in [6.07, 6.45) is -1.67. The third-order valence-electron chi connectivity index (χ3n) is 9.36. The molecule has 0 radical (unpaired) electrons. The van der Waals surface area contributed by atoms with Gasteiger partial charge in [0.25, 0.3) is 0 Å². The number of rotatable bonds is 11. The lowest BCUT2D eigenvalue weighted by atomic mass is 9.77. The normalized spacial score (nSPS) is 20.4. The number of benzene rings is 3. The molecule has 46 heavy (non-hydrogen) atoms. The lowest BCUT2D eigenvalue weighted by molar-refractivity contribution is -0.0612. The number of hydrogen-bond acceptors (Lipinski definition) is 8. The average Bonchev–Trinajstić information content (AvgIpc) is 3.37. The van der Waals surface area contributed by atoms with E-state index in [1.165, 1.54) is 11.7 Å². The van der Waals surface area contributed by atoms with Gasteiger partial charge in [-0.1, -0.05) is 93.6 Å². The molecule has 1 aliphatic rings. The van der Waals surface area contributed by atoms with E-state index < -0.39 is 44.1 Å². The van der Waals surface area contributed by atoms with Gasteiger partial charge >= 0.3 is 5.69 Å². The Labute approximate surface area is 272 Å². The minimum absolute atomic E-state index is 0.000838. The fraction of sp³-hybridized carbons (Fsp3) is 0.389. The van der Waals surface area contributed by atoms with Gasteiger partial charge in [0.1, 0.15) is 35.4 Å². The first kappa shape index (κ1) is 33.6. The summed E-state index contributed by atoms with van der Waals surface area (Å²) >= 11 is 0. The zero-order valence-corrected chi connectivity index (χ0v) is 28.6. The Kier molecular flexibility index (Phi) is 9.85. The number of aromatic nitrogens is 2. The summed E-state index contributed by atoms with van der Waals surface area (Å²) in [6, 6.07) is 29.7. The van der Waals surface area contributed by atoms with Gasteiger partial charge in [0.05, 0.1) is 13.7 Å². The van der Waals surface area contributed by atoms with Gasteiger partial charge in [-0.3, -0.25) is 4.57 Å². The second-order valence-electron chi connectivity index (χ2n) is 13.2. The number of methoxy groups -OCH3 is 2. The molecule has 2 heterocycles. The molecule has 1 aliphatic heterocycles. The Balaban J connectivity index is 1.50. The number of nitrogens with zero attached hydrogens (tertiary/aromatic N) is 2. The largest absolute Gasteiger partial charge is 0.497 e. The summed E-state index contributed by atoms with van der Waals surface area (Å²) in [5, 5.41) is 14.8. The molecule has 3 aromatic carbocycles. The Morgan fingerprint density at radius 1 is 0.891 bits per heavy atom. The standard InChI is InChI=1S/C36H45N3O6Si/c1-35(2,3)46(6,7)44-24-29-31(40)32(43-5)33(45-29)39-23-22-30(37-34(39)41)38-36(25-14-10-8-11-15-25,26-16-12-9-13-17-26)27-18-20-28(42-4)21-19-27/h8-23,29,31-33,40H,24H2,1-7H3,(H,37,38,41)/t29-,31-,32-,33-/m1/s1. The molecule has 9 nitrogen and oxygen atoms in total. The lowest BCUT2D eigenvalue weighted by Gasteiger charge is -2.37. The molecule has 0 spiro atoms. The first-order valence-corrected chi connectivity index (χ1v) is 18.5. The van der Waals surface area contributed by atoms with Crippen molar-refractivity contribution in [3.05, 3.63) is 124 Å². The molecule has 0 bridgehead atoms. The molecule has 244 valence electrons. The topological polar surface area (TPSA) is 104 Å². The summed E-state index contributed by atoms with van der Waals surface area (Å²) in [6.45, 7) is 11.0. The van der Waals surface area contributed by atoms with Crippen molar-refractivity contribution < 1.29 is 23.7 Å². The average molecular weight is 644 g/mol. The van der Waals surface area contributed by atoms with Gasteiger partial charge in [0, 0.05) is 13.3 Å². The van der Waals surface area contributed by atoms with Crippen molar-refractivity contribution in [3.8, 4) is 5.75 Å². The molecular weight excluding hydrogens is 598 g/mol. The Morgan fingerprint density at radius 3 is 1.96 bits per heavy atom. The highest BCUT2D eigenvalue weighted by Crippen LogP contribution is 2.41. The molecule has 1 saturated heterocycles. The van der Waals surface area contributed by atoms with Gasteiger partial charge in [-0.2, -0.15) is 4.98 Å². The second-order valence-corrected chi connectivity index (χ2v) is 18.0. The fourth-order valence-electron chi connectivity index (χ4n) is 5.64. The molecule has 0 amide bonds. The van der Waals surface area contributed by atoms with Gasteiger partial charge in [-0.15, -0.1) is 0 Å². The van der Waals surface area contributed by atoms with Crippen molar-refractivity contribution in [3.63, 3.8) is 0 Å². The predicted molar refractivity (Wildman–Crippen MR) is 182 cm³/mol. The van der Waals surface area contributed by atoms with Crippen molar-refractivity contribution in [2.45, 2.75) is 69.0 Å². The van der Waals surface area contributed by atoms with Gasteiger partial charge in [0.15, 0.2) is 14.5 Å². The first-order chi connectivity index (χ1) is 21.9. The summed E-state index contributed by atoms with van der Waals surface area (Å²) in [5.74, 6) is 1.11. The van der Waals surface area contributed by atoms with E-state index in [9.17, 15) is 9.90 Å². The monoisotopic (exact) mass is 643 g/mol. The number of ether oxygens (including phenoxy) is 3. The van der Waals surface area contributed by atoms with Crippen LogP contribution in [0.15, 0.2) is 102 Å². The number of aliphatic hydroxyl groups is 1. The van der Waals surface area contributed by atoms with Crippen molar-refractivity contribution in [2.24, 2.45) is 0 Å². The smallest absolute Gasteiger partial charge is 0.351 e. The quantitative estimate of drug-likeness (QED) is 0.153. The third-order valence-corrected chi connectivity index (χ3v) is 13.9. The molecule has 4 aromatic rings. The summed E-state index contributed by atoms with van der Waals surface area (Å²) in [5.41, 5.74) is 1.41. The molecule has 5 rings (SSSR count). The van der Waals surface area contributed by atoms with Crippen LogP contribution in [0.4, 0.5) is 5.82 Å². The molecular formula is C36H45N3O6Si. The molecule has 0 unspecified atom stereocenters. The number of nitrogens with one attached hydrogen (secondary N) is 1. The molecule has 1 aromatic heterocycles. The molecule has 10 heteroatoms. The Bertz CT molecular complexity index is 1600. The maximum Gasteiger partial charge on any atom is 0.351 e. The van der Waals surface area contributed by atoms with Crippen LogP contribution in [0.3, 0.4) is 0 Å². The van der Waals surface area contributed by atoms with E-state index in [2.05, 4.69) is 68.4 Å². The van der Waals surface area contributed by atoms with Crippen LogP contribution in [0.5, 0.6) is 5.75 Å². The van der Waals surface area contributed by atoms with Crippen LogP contribution in [0.2, 0.25) is 18.1 Å². The highest BCUT2D eigenvalue weighted by Gasteiger charge is 2.47. The van der Waals surface area contributed by atoms with Crippen LogP contribution < -0.4 is 15.7 Å². The van der Waals surface area contributed by atoms with Crippen LogP contribution in [0.1, 0.15) is 43.7 Å². The van der Waals surface area contributed by atoms with Crippen LogP contribution in [0.25, 0.3) is 0 Å². The van der Waals surface area contributed by atoms with E-state index in [0.29, 0.717) is 5.82 Å². The maximum atomic E-state index is 13.7. The highest BCUT2D eigenvalue weighted by atomic mass is 28.4. The van der Waals surface area contributed by atoms with Gasteiger partial charge in [0.2, 0.25) is 0 Å². The molecule has 4 atom stereocenters. The lowest BCUT2D eigenvalue weighted by Crippen LogP contribution is -2.44. The van der Waals surface area contributed by atoms with Crippen molar-refractivity contribution in [2.75, 3.05) is 26.1 Å². The Hall–Kier alpha value is -3.80. The fourth-order valence-corrected chi connectivity index (χ4v) is 6.66. The third kappa shape index (κ3) is 6.54. The van der Waals surface area contributed by atoms with Crippen molar-refractivity contribution in [1.82, 2.24) is 9.55 Å². The number of aliphatic hydroxyl groups excluding tert-OH is 1. The summed E-state index contributed by atoms with van der Waals surface area (Å²) in [4.78, 5) is 18.2. The van der Waals surface area contributed by atoms with Gasteiger partial charge < -0.3 is 29.1 Å². The second kappa shape index (κ2) is 13.5. The van der Waals surface area contributed by atoms with E-state index in [-0.39, 0.29) is 11.6 Å². The van der Waals surface area contributed by atoms with Crippen LogP contribution in [-0.2, 0) is 19.4 Å². The van der Waals surface area contributed by atoms with Crippen molar-refractivity contribution >= 4 is 14.1 Å². The zero-order chi connectivity index (χ0) is 33.1. The molecule has 0 aliphatic carbocycles. The molecule has 2 N–H and O–H groups in total. The van der Waals surface area contributed by atoms with Gasteiger partial charge in [-0.25, -0.2) is 4.79 Å². The number of hydrogen-bond donors (Lipinski definition) is 2. The van der Waals surface area contributed by atoms with E-state index in [1.807, 2.05) is 60.7 Å². The minimum atomic E-state index is -2.09. The van der Waals surface area contributed by atoms with Crippen LogP contribution in [-0.4, -0.2) is 62.1 Å². The van der Waals surface area contributed by atoms with E-state index >= 15 is 0 Å². The highest BCUT2D eigenvalue weighted by molar-refractivity contribution is 6.74. The van der Waals surface area contributed by atoms with E-state index in [1.54, 1.807) is 19.4 Å². The molecule has 0 saturated carbocycles. The first-order valence-electron chi connectivity index (χ1n) is 15.5. The predicted octanol–water partition coefficient (Wildman–Crippen LogP) is 5.95. The van der Waals surface area contributed by atoms with E-state index in [0.717, 1.165) is 22.4 Å². The van der Waals surface area contributed by atoms with E-state index in [4.69, 9.17) is 18.6 Å². The van der Waals surface area contributed by atoms with Gasteiger partial charge in [-0.05, 0) is 53.0 Å². The molecule has 1 fully saturated rings. The minimum Gasteiger partial charge on any atom is -0.497 e. The SMILES string of the molecule is COc1ccc(C(Nc2ccn([C@@H]3O[C@H](CO[Si](C)(C)C(C)(C)C)[C@@H](O)[C@H]3OC)c(=O)n2)(c2ccccc2)c2ccccc2)cc1. The Morgan fingerprint density at radius 2 is 1.46 bits per heavy atom. The zero-order valence-electron chi connectivity index (χ0n) is 27.6. The summed E-state index contributed by atoms with van der Waals surface area (Å²) < 4.78 is 25.0. The maximum absolute atomic E-state index is 13.7. The van der Waals surface area contributed by atoms with Crippen molar-refractivity contribution in [1.29, 1.82) is 0 Å². The van der Waals surface area contributed by atoms with Crippen LogP contribution in [0, 0.1) is 0 Å². The number of anilines is 1. The van der Waals surface area contributed by atoms with Crippen LogP contribution >= 0.6 is 0 Å².